The van der Waals surface area contributed by atoms with Crippen LogP contribution in [0.25, 0.3) is 0 Å². The van der Waals surface area contributed by atoms with Crippen LogP contribution in [-0.2, 0) is 11.3 Å². The maximum Gasteiger partial charge on any atom is 0.271 e. The predicted molar refractivity (Wildman–Crippen MR) is 62.6 cm³/mol. The number of nitrogens with zero attached hydrogens (tertiary/aromatic N) is 2. The summed E-state index contributed by atoms with van der Waals surface area (Å²) in [6.07, 6.45) is 5.39. The smallest absolute Gasteiger partial charge is 0.271 e. The maximum absolute atomic E-state index is 11.8. The topological polar surface area (TPSA) is 82.2 Å². The van der Waals surface area contributed by atoms with E-state index in [0.717, 1.165) is 12.8 Å². The summed E-state index contributed by atoms with van der Waals surface area (Å²) in [5, 5.41) is 2.93. The van der Waals surface area contributed by atoms with Crippen LogP contribution in [0.1, 0.15) is 23.3 Å². The van der Waals surface area contributed by atoms with Crippen molar-refractivity contribution in [1.82, 2.24) is 14.9 Å². The molecule has 2 rings (SSSR count). The molecule has 0 aliphatic heterocycles. The second-order valence-electron chi connectivity index (χ2n) is 4.28. The molecule has 1 aliphatic carbocycles. The summed E-state index contributed by atoms with van der Waals surface area (Å²) in [5.74, 6) is -0.125. The number of hydrogen-bond donors (Lipinski definition) is 2. The molecule has 0 spiro atoms. The number of nitrogens with one attached hydrogen (secondary N) is 1. The normalized spacial score (nSPS) is 23.2. The third kappa shape index (κ3) is 2.83. The van der Waals surface area contributed by atoms with Crippen LogP contribution in [0.4, 0.5) is 0 Å². The minimum atomic E-state index is -0.125. The SMILES string of the molecule is COC1CC(NC(=O)c2cn(CCN)cn2)C1. The molecular formula is C11H18N4O2. The van der Waals surface area contributed by atoms with Crippen LogP contribution >= 0.6 is 0 Å². The summed E-state index contributed by atoms with van der Waals surface area (Å²) >= 11 is 0. The van der Waals surface area contributed by atoms with Gasteiger partial charge in [0.05, 0.1) is 12.4 Å². The highest BCUT2D eigenvalue weighted by molar-refractivity contribution is 5.92. The van der Waals surface area contributed by atoms with E-state index in [1.165, 1.54) is 0 Å². The standard InChI is InChI=1S/C11H18N4O2/c1-17-9-4-8(5-9)14-11(16)10-6-15(3-2-12)7-13-10/h6-9H,2-5,12H2,1H3,(H,14,16). The van der Waals surface area contributed by atoms with Crippen molar-refractivity contribution in [1.29, 1.82) is 0 Å². The van der Waals surface area contributed by atoms with Crippen molar-refractivity contribution in [3.8, 4) is 0 Å². The molecule has 1 aromatic heterocycles. The Kier molecular flexibility index (Phi) is 3.75. The molecule has 17 heavy (non-hydrogen) atoms. The van der Waals surface area contributed by atoms with Gasteiger partial charge in [-0.15, -0.1) is 0 Å². The van der Waals surface area contributed by atoms with Crippen molar-refractivity contribution in [3.05, 3.63) is 18.2 Å². The number of nitrogens with two attached hydrogens (primary N) is 1. The van der Waals surface area contributed by atoms with Crippen LogP contribution < -0.4 is 11.1 Å². The van der Waals surface area contributed by atoms with Gasteiger partial charge in [0, 0.05) is 32.4 Å². The Hall–Kier alpha value is -1.40. The number of imidazole rings is 1. The molecule has 0 atom stereocenters. The third-order valence-corrected chi connectivity index (χ3v) is 3.02. The Morgan fingerprint density at radius 1 is 1.71 bits per heavy atom. The number of carbonyl (C=O) groups excluding carboxylic acids is 1. The van der Waals surface area contributed by atoms with Gasteiger partial charge in [-0.25, -0.2) is 4.98 Å². The van der Waals surface area contributed by atoms with Crippen molar-refractivity contribution < 1.29 is 9.53 Å². The van der Waals surface area contributed by atoms with Gasteiger partial charge in [-0.3, -0.25) is 4.79 Å². The minimum absolute atomic E-state index is 0.125. The molecule has 0 radical (unpaired) electrons. The van der Waals surface area contributed by atoms with Crippen LogP contribution in [-0.4, -0.2) is 41.3 Å². The van der Waals surface area contributed by atoms with Gasteiger partial charge in [0.1, 0.15) is 5.69 Å². The first kappa shape index (κ1) is 12.1. The molecule has 6 heteroatoms. The molecule has 1 heterocycles. The van der Waals surface area contributed by atoms with Crippen molar-refractivity contribution in [2.45, 2.75) is 31.5 Å². The number of carbonyl (C=O) groups is 1. The molecule has 0 unspecified atom stereocenters. The van der Waals surface area contributed by atoms with Crippen LogP contribution in [0.2, 0.25) is 0 Å². The van der Waals surface area contributed by atoms with E-state index in [1.807, 2.05) is 4.57 Å². The average molecular weight is 238 g/mol. The number of methoxy groups -OCH3 is 1. The lowest BCUT2D eigenvalue weighted by Gasteiger charge is -2.34. The van der Waals surface area contributed by atoms with Gasteiger partial charge in [0.15, 0.2) is 0 Å². The molecule has 1 aliphatic rings. The minimum Gasteiger partial charge on any atom is -0.381 e. The molecule has 3 N–H and O–H groups in total. The number of ether oxygens (including phenoxy) is 1. The quantitative estimate of drug-likeness (QED) is 0.741. The fourth-order valence-electron chi connectivity index (χ4n) is 1.88. The Morgan fingerprint density at radius 2 is 2.47 bits per heavy atom. The molecule has 1 amide bonds. The highest BCUT2D eigenvalue weighted by Crippen LogP contribution is 2.22. The lowest BCUT2D eigenvalue weighted by molar-refractivity contribution is 0.0175. The Balaban J connectivity index is 1.83. The Labute approximate surface area is 100 Å². The molecule has 6 nitrogen and oxygen atoms in total. The van der Waals surface area contributed by atoms with Crippen molar-refractivity contribution in [2.75, 3.05) is 13.7 Å². The highest BCUT2D eigenvalue weighted by atomic mass is 16.5. The third-order valence-electron chi connectivity index (χ3n) is 3.02. The lowest BCUT2D eigenvalue weighted by Crippen LogP contribution is -2.47. The molecule has 1 saturated carbocycles. The van der Waals surface area contributed by atoms with E-state index < -0.39 is 0 Å². The summed E-state index contributed by atoms with van der Waals surface area (Å²) < 4.78 is 6.97. The highest BCUT2D eigenvalue weighted by Gasteiger charge is 2.30. The summed E-state index contributed by atoms with van der Waals surface area (Å²) in [5.41, 5.74) is 5.87. The summed E-state index contributed by atoms with van der Waals surface area (Å²) in [6, 6.07) is 0.215. The van der Waals surface area contributed by atoms with Crippen molar-refractivity contribution >= 4 is 5.91 Å². The molecular weight excluding hydrogens is 220 g/mol. The van der Waals surface area contributed by atoms with E-state index in [1.54, 1.807) is 19.6 Å². The van der Waals surface area contributed by atoms with E-state index in [2.05, 4.69) is 10.3 Å². The second kappa shape index (κ2) is 5.29. The second-order valence-corrected chi connectivity index (χ2v) is 4.28. The van der Waals surface area contributed by atoms with Gasteiger partial charge in [-0.05, 0) is 12.8 Å². The maximum atomic E-state index is 11.8. The molecule has 0 bridgehead atoms. The van der Waals surface area contributed by atoms with Crippen LogP contribution in [0.15, 0.2) is 12.5 Å². The number of rotatable bonds is 5. The first-order chi connectivity index (χ1) is 8.22. The summed E-state index contributed by atoms with van der Waals surface area (Å²) in [4.78, 5) is 15.9. The average Bonchev–Trinajstić information content (AvgIpc) is 2.71. The molecule has 1 aromatic rings. The Bertz CT molecular complexity index is 385. The van der Waals surface area contributed by atoms with Crippen molar-refractivity contribution in [3.63, 3.8) is 0 Å². The van der Waals surface area contributed by atoms with E-state index in [9.17, 15) is 4.79 Å². The Morgan fingerprint density at radius 3 is 3.12 bits per heavy atom. The predicted octanol–water partition coefficient (Wildman–Crippen LogP) is -0.251. The fraction of sp³-hybridized carbons (Fsp3) is 0.636. The van der Waals surface area contributed by atoms with E-state index in [0.29, 0.717) is 18.8 Å². The van der Waals surface area contributed by atoms with E-state index >= 15 is 0 Å². The van der Waals surface area contributed by atoms with Gasteiger partial charge in [0.2, 0.25) is 0 Å². The number of hydrogen-bond acceptors (Lipinski definition) is 4. The number of amides is 1. The summed E-state index contributed by atoms with van der Waals surface area (Å²) in [7, 11) is 1.69. The van der Waals surface area contributed by atoms with E-state index in [-0.39, 0.29) is 18.1 Å². The van der Waals surface area contributed by atoms with Gasteiger partial charge in [-0.1, -0.05) is 0 Å². The zero-order chi connectivity index (χ0) is 12.3. The number of aromatic nitrogens is 2. The van der Waals surface area contributed by atoms with Gasteiger partial charge in [0.25, 0.3) is 5.91 Å². The van der Waals surface area contributed by atoms with Crippen LogP contribution in [0.3, 0.4) is 0 Å². The van der Waals surface area contributed by atoms with Crippen molar-refractivity contribution in [2.24, 2.45) is 5.73 Å². The molecule has 0 aromatic carbocycles. The van der Waals surface area contributed by atoms with Crippen LogP contribution in [0, 0.1) is 0 Å². The van der Waals surface area contributed by atoms with Gasteiger partial charge < -0.3 is 20.4 Å². The zero-order valence-corrected chi connectivity index (χ0v) is 9.93. The van der Waals surface area contributed by atoms with E-state index in [4.69, 9.17) is 10.5 Å². The molecule has 1 fully saturated rings. The molecule has 94 valence electrons. The monoisotopic (exact) mass is 238 g/mol. The summed E-state index contributed by atoms with van der Waals surface area (Å²) in [6.45, 7) is 1.21. The lowest BCUT2D eigenvalue weighted by atomic mass is 9.89. The van der Waals surface area contributed by atoms with Gasteiger partial charge in [-0.2, -0.15) is 0 Å². The largest absolute Gasteiger partial charge is 0.381 e. The fourth-order valence-corrected chi connectivity index (χ4v) is 1.88. The molecule has 0 saturated heterocycles. The zero-order valence-electron chi connectivity index (χ0n) is 9.93. The first-order valence-corrected chi connectivity index (χ1v) is 5.78. The van der Waals surface area contributed by atoms with Gasteiger partial charge >= 0.3 is 0 Å². The van der Waals surface area contributed by atoms with Crippen LogP contribution in [0.5, 0.6) is 0 Å². The first-order valence-electron chi connectivity index (χ1n) is 5.78.